The number of aryl methyl sites for hydroxylation is 2. The summed E-state index contributed by atoms with van der Waals surface area (Å²) in [7, 11) is 0. The van der Waals surface area contributed by atoms with E-state index in [0.29, 0.717) is 6.61 Å². The topological polar surface area (TPSA) is 38.3 Å². The van der Waals surface area contributed by atoms with E-state index in [1.165, 1.54) is 5.56 Å². The first kappa shape index (κ1) is 14.3. The summed E-state index contributed by atoms with van der Waals surface area (Å²) in [5.74, 6) is -0.135. The van der Waals surface area contributed by atoms with Crippen LogP contribution in [0.25, 0.3) is 0 Å². The van der Waals surface area contributed by atoms with Gasteiger partial charge in [-0.05, 0) is 42.7 Å². The summed E-state index contributed by atoms with van der Waals surface area (Å²) in [6.45, 7) is 4.53. The van der Waals surface area contributed by atoms with Crippen LogP contribution in [0.3, 0.4) is 0 Å². The molecular formula is C17H19NO2. The molecule has 0 aliphatic carbocycles. The van der Waals surface area contributed by atoms with Gasteiger partial charge in [-0.3, -0.25) is 4.79 Å². The molecule has 0 saturated carbocycles. The minimum absolute atomic E-state index is 0.0578. The molecule has 0 radical (unpaired) electrons. The zero-order chi connectivity index (χ0) is 14.4. The lowest BCUT2D eigenvalue weighted by Gasteiger charge is -2.08. The molecule has 0 atom stereocenters. The highest BCUT2D eigenvalue weighted by Gasteiger charge is 2.04. The molecule has 2 aromatic rings. The number of carbonyl (C=O) groups excluding carboxylic acids is 1. The number of rotatable bonds is 5. The lowest BCUT2D eigenvalue weighted by molar-refractivity contribution is -0.121. The molecule has 0 spiro atoms. The van der Waals surface area contributed by atoms with Crippen molar-refractivity contribution in [3.05, 3.63) is 65.2 Å². The van der Waals surface area contributed by atoms with Gasteiger partial charge in [0.25, 0.3) is 0 Å². The number of nitrogens with one attached hydrogen (secondary N) is 1. The summed E-state index contributed by atoms with van der Waals surface area (Å²) in [5, 5.41) is 2.82. The fourth-order valence-corrected chi connectivity index (χ4v) is 1.95. The highest BCUT2D eigenvalue weighted by atomic mass is 16.5. The maximum atomic E-state index is 11.8. The van der Waals surface area contributed by atoms with Crippen LogP contribution in [0.4, 0.5) is 5.69 Å². The second kappa shape index (κ2) is 6.87. The molecule has 0 aliphatic rings. The van der Waals surface area contributed by atoms with Gasteiger partial charge >= 0.3 is 0 Å². The summed E-state index contributed by atoms with van der Waals surface area (Å²) < 4.78 is 5.45. The Morgan fingerprint density at radius 2 is 1.90 bits per heavy atom. The number of hydrogen-bond donors (Lipinski definition) is 1. The Bertz CT molecular complexity index is 593. The predicted molar refractivity (Wildman–Crippen MR) is 80.6 cm³/mol. The van der Waals surface area contributed by atoms with E-state index in [4.69, 9.17) is 4.74 Å². The quantitative estimate of drug-likeness (QED) is 0.902. The lowest BCUT2D eigenvalue weighted by Crippen LogP contribution is -2.18. The average molecular weight is 269 g/mol. The zero-order valence-electron chi connectivity index (χ0n) is 11.8. The summed E-state index contributed by atoms with van der Waals surface area (Å²) in [4.78, 5) is 11.8. The molecule has 0 saturated heterocycles. The van der Waals surface area contributed by atoms with Crippen LogP contribution in [0.2, 0.25) is 0 Å². The third kappa shape index (κ3) is 4.21. The van der Waals surface area contributed by atoms with Crippen molar-refractivity contribution in [2.75, 3.05) is 11.9 Å². The van der Waals surface area contributed by atoms with Gasteiger partial charge in [-0.15, -0.1) is 0 Å². The second-order valence-corrected chi connectivity index (χ2v) is 4.84. The minimum atomic E-state index is -0.135. The van der Waals surface area contributed by atoms with Crippen LogP contribution >= 0.6 is 0 Å². The van der Waals surface area contributed by atoms with Crippen LogP contribution in [-0.4, -0.2) is 12.5 Å². The molecule has 0 bridgehead atoms. The van der Waals surface area contributed by atoms with Crippen molar-refractivity contribution < 1.29 is 9.53 Å². The first-order valence-electron chi connectivity index (χ1n) is 6.64. The Balaban J connectivity index is 1.80. The molecular weight excluding hydrogens is 250 g/mol. The molecule has 2 rings (SSSR count). The maximum Gasteiger partial charge on any atom is 0.250 e. The molecule has 1 N–H and O–H groups in total. The Hall–Kier alpha value is -2.13. The standard InChI is InChI=1S/C17H19NO2/c1-13-6-5-9-16(10-13)18-17(19)12-20-11-15-8-4-3-7-14(15)2/h3-10H,11-12H2,1-2H3,(H,18,19). The molecule has 0 fully saturated rings. The fraction of sp³-hybridized carbons (Fsp3) is 0.235. The van der Waals surface area contributed by atoms with Crippen LogP contribution in [0, 0.1) is 13.8 Å². The third-order valence-electron chi connectivity index (χ3n) is 3.05. The molecule has 3 nitrogen and oxygen atoms in total. The SMILES string of the molecule is Cc1cccc(NC(=O)COCc2ccccc2C)c1. The van der Waals surface area contributed by atoms with Gasteiger partial charge in [-0.1, -0.05) is 36.4 Å². The lowest BCUT2D eigenvalue weighted by atomic mass is 10.1. The van der Waals surface area contributed by atoms with E-state index >= 15 is 0 Å². The normalized spacial score (nSPS) is 10.3. The minimum Gasteiger partial charge on any atom is -0.367 e. The van der Waals surface area contributed by atoms with Crippen LogP contribution < -0.4 is 5.32 Å². The van der Waals surface area contributed by atoms with Crippen molar-refractivity contribution in [1.82, 2.24) is 0 Å². The molecule has 0 heterocycles. The number of ether oxygens (including phenoxy) is 1. The highest BCUT2D eigenvalue weighted by molar-refractivity contribution is 5.91. The summed E-state index contributed by atoms with van der Waals surface area (Å²) in [5.41, 5.74) is 4.19. The molecule has 0 unspecified atom stereocenters. The van der Waals surface area contributed by atoms with Crippen LogP contribution in [0.1, 0.15) is 16.7 Å². The highest BCUT2D eigenvalue weighted by Crippen LogP contribution is 2.10. The molecule has 3 heteroatoms. The number of carbonyl (C=O) groups is 1. The van der Waals surface area contributed by atoms with E-state index < -0.39 is 0 Å². The van der Waals surface area contributed by atoms with E-state index in [-0.39, 0.29) is 12.5 Å². The van der Waals surface area contributed by atoms with Crippen molar-refractivity contribution in [1.29, 1.82) is 0 Å². The second-order valence-electron chi connectivity index (χ2n) is 4.84. The van der Waals surface area contributed by atoms with Gasteiger partial charge in [-0.2, -0.15) is 0 Å². The van der Waals surface area contributed by atoms with Gasteiger partial charge in [0.1, 0.15) is 6.61 Å². The van der Waals surface area contributed by atoms with Crippen LogP contribution in [-0.2, 0) is 16.1 Å². The first-order valence-corrected chi connectivity index (χ1v) is 6.64. The summed E-state index contributed by atoms with van der Waals surface area (Å²) in [6.07, 6.45) is 0. The maximum absolute atomic E-state index is 11.8. The van der Waals surface area contributed by atoms with E-state index in [1.807, 2.05) is 62.4 Å². The van der Waals surface area contributed by atoms with Gasteiger partial charge in [0.15, 0.2) is 0 Å². The van der Waals surface area contributed by atoms with Gasteiger partial charge in [0, 0.05) is 5.69 Å². The van der Waals surface area contributed by atoms with Gasteiger partial charge < -0.3 is 10.1 Å². The van der Waals surface area contributed by atoms with Crippen LogP contribution in [0.15, 0.2) is 48.5 Å². The third-order valence-corrected chi connectivity index (χ3v) is 3.05. The molecule has 104 valence electrons. The number of benzene rings is 2. The zero-order valence-corrected chi connectivity index (χ0v) is 11.8. The number of anilines is 1. The Morgan fingerprint density at radius 3 is 2.65 bits per heavy atom. The van der Waals surface area contributed by atoms with E-state index in [0.717, 1.165) is 16.8 Å². The van der Waals surface area contributed by atoms with E-state index in [2.05, 4.69) is 5.32 Å². The molecule has 0 aliphatic heterocycles. The number of amides is 1. The molecule has 20 heavy (non-hydrogen) atoms. The van der Waals surface area contributed by atoms with Crippen molar-refractivity contribution in [3.63, 3.8) is 0 Å². The van der Waals surface area contributed by atoms with Crippen molar-refractivity contribution in [2.24, 2.45) is 0 Å². The smallest absolute Gasteiger partial charge is 0.250 e. The monoisotopic (exact) mass is 269 g/mol. The Labute approximate surface area is 119 Å². The Morgan fingerprint density at radius 1 is 1.10 bits per heavy atom. The largest absolute Gasteiger partial charge is 0.367 e. The Kier molecular flexibility index (Phi) is 4.91. The summed E-state index contributed by atoms with van der Waals surface area (Å²) in [6, 6.07) is 15.7. The summed E-state index contributed by atoms with van der Waals surface area (Å²) >= 11 is 0. The predicted octanol–water partition coefficient (Wildman–Crippen LogP) is 3.46. The molecule has 1 amide bonds. The number of hydrogen-bond acceptors (Lipinski definition) is 2. The van der Waals surface area contributed by atoms with Crippen molar-refractivity contribution in [3.8, 4) is 0 Å². The fourth-order valence-electron chi connectivity index (χ4n) is 1.95. The van der Waals surface area contributed by atoms with E-state index in [1.54, 1.807) is 0 Å². The van der Waals surface area contributed by atoms with Crippen molar-refractivity contribution >= 4 is 11.6 Å². The van der Waals surface area contributed by atoms with Crippen molar-refractivity contribution in [2.45, 2.75) is 20.5 Å². The van der Waals surface area contributed by atoms with Gasteiger partial charge in [0.2, 0.25) is 5.91 Å². The van der Waals surface area contributed by atoms with Gasteiger partial charge in [-0.25, -0.2) is 0 Å². The van der Waals surface area contributed by atoms with Gasteiger partial charge in [0.05, 0.1) is 6.61 Å². The molecule has 0 aromatic heterocycles. The average Bonchev–Trinajstić information content (AvgIpc) is 2.41. The molecule has 2 aromatic carbocycles. The first-order chi connectivity index (χ1) is 9.65. The van der Waals surface area contributed by atoms with E-state index in [9.17, 15) is 4.79 Å². The van der Waals surface area contributed by atoms with Crippen LogP contribution in [0.5, 0.6) is 0 Å².